The average molecular weight is 214 g/mol. The Balaban J connectivity index is 1.68. The third-order valence-electron chi connectivity index (χ3n) is 3.86. The largest absolute Gasteiger partial charge is 0.311 e. The van der Waals surface area contributed by atoms with Gasteiger partial charge in [-0.1, -0.05) is 18.2 Å². The molecule has 2 heteroatoms. The van der Waals surface area contributed by atoms with Gasteiger partial charge in [-0.25, -0.2) is 0 Å². The Hall–Kier alpha value is -1.15. The summed E-state index contributed by atoms with van der Waals surface area (Å²) in [4.78, 5) is 4.13. The molecule has 2 fully saturated rings. The topological polar surface area (TPSA) is 24.9 Å². The van der Waals surface area contributed by atoms with Crippen LogP contribution >= 0.6 is 0 Å². The standard InChI is InChI=1S/C14H18N2/c1-2-11(10-15-9-1)3-4-12-5-6-13-7-8-14(12)16-13/h1-4,9-10,12-14,16H,5-8H2/b4-3-. The van der Waals surface area contributed by atoms with Gasteiger partial charge in [0.05, 0.1) is 0 Å². The van der Waals surface area contributed by atoms with E-state index < -0.39 is 0 Å². The van der Waals surface area contributed by atoms with E-state index in [1.165, 1.54) is 31.2 Å². The van der Waals surface area contributed by atoms with Crippen LogP contribution in [0, 0.1) is 5.92 Å². The van der Waals surface area contributed by atoms with Crippen molar-refractivity contribution in [1.82, 2.24) is 10.3 Å². The van der Waals surface area contributed by atoms with E-state index in [0.717, 1.165) is 18.0 Å². The molecule has 2 aliphatic heterocycles. The summed E-state index contributed by atoms with van der Waals surface area (Å²) in [5, 5.41) is 3.71. The lowest BCUT2D eigenvalue weighted by Crippen LogP contribution is -2.39. The van der Waals surface area contributed by atoms with Gasteiger partial charge in [0.1, 0.15) is 0 Å². The molecular formula is C14H18N2. The van der Waals surface area contributed by atoms with Crippen molar-refractivity contribution in [2.45, 2.75) is 37.8 Å². The Morgan fingerprint density at radius 2 is 2.19 bits per heavy atom. The summed E-state index contributed by atoms with van der Waals surface area (Å²) in [7, 11) is 0. The number of hydrogen-bond donors (Lipinski definition) is 1. The predicted molar refractivity (Wildman–Crippen MR) is 65.9 cm³/mol. The van der Waals surface area contributed by atoms with Crippen molar-refractivity contribution in [3.63, 3.8) is 0 Å². The first-order valence-electron chi connectivity index (χ1n) is 6.26. The number of piperidine rings is 1. The summed E-state index contributed by atoms with van der Waals surface area (Å²) >= 11 is 0. The summed E-state index contributed by atoms with van der Waals surface area (Å²) in [6, 6.07) is 5.64. The van der Waals surface area contributed by atoms with Gasteiger partial charge in [0.25, 0.3) is 0 Å². The molecule has 1 N–H and O–H groups in total. The molecule has 1 aromatic rings. The Bertz CT molecular complexity index is 372. The van der Waals surface area contributed by atoms with Crippen molar-refractivity contribution in [2.24, 2.45) is 5.92 Å². The second-order valence-electron chi connectivity index (χ2n) is 4.93. The van der Waals surface area contributed by atoms with Crippen LogP contribution in [0.2, 0.25) is 0 Å². The van der Waals surface area contributed by atoms with E-state index in [1.807, 2.05) is 18.5 Å². The molecule has 84 valence electrons. The summed E-state index contributed by atoms with van der Waals surface area (Å²) in [5.74, 6) is 0.721. The van der Waals surface area contributed by atoms with Gasteiger partial charge in [0.15, 0.2) is 0 Å². The molecule has 0 amide bonds. The lowest BCUT2D eigenvalue weighted by Gasteiger charge is -2.27. The smallest absolute Gasteiger partial charge is 0.0340 e. The first kappa shape index (κ1) is 10.0. The predicted octanol–water partition coefficient (Wildman–Crippen LogP) is 2.63. The zero-order valence-electron chi connectivity index (χ0n) is 9.47. The molecule has 3 heterocycles. The van der Waals surface area contributed by atoms with Gasteiger partial charge in [-0.2, -0.15) is 0 Å². The van der Waals surface area contributed by atoms with Gasteiger partial charge in [0, 0.05) is 24.5 Å². The van der Waals surface area contributed by atoms with Crippen LogP contribution < -0.4 is 5.32 Å². The van der Waals surface area contributed by atoms with E-state index in [4.69, 9.17) is 0 Å². The van der Waals surface area contributed by atoms with Gasteiger partial charge >= 0.3 is 0 Å². The van der Waals surface area contributed by atoms with Crippen LogP contribution in [0.25, 0.3) is 6.08 Å². The van der Waals surface area contributed by atoms with E-state index in [-0.39, 0.29) is 0 Å². The number of fused-ring (bicyclic) bond motifs is 2. The molecule has 2 saturated heterocycles. The maximum Gasteiger partial charge on any atom is 0.0340 e. The van der Waals surface area contributed by atoms with Crippen molar-refractivity contribution >= 4 is 6.08 Å². The monoisotopic (exact) mass is 214 g/mol. The molecule has 0 spiro atoms. The third kappa shape index (κ3) is 2.03. The van der Waals surface area contributed by atoms with Crippen molar-refractivity contribution in [2.75, 3.05) is 0 Å². The van der Waals surface area contributed by atoms with Crippen molar-refractivity contribution in [3.05, 3.63) is 36.2 Å². The Kier molecular flexibility index (Phi) is 2.75. The fraction of sp³-hybridized carbons (Fsp3) is 0.500. The van der Waals surface area contributed by atoms with Crippen molar-refractivity contribution in [3.8, 4) is 0 Å². The molecule has 0 radical (unpaired) electrons. The minimum absolute atomic E-state index is 0.721. The average Bonchev–Trinajstić information content (AvgIpc) is 2.72. The highest BCUT2D eigenvalue weighted by Gasteiger charge is 2.33. The van der Waals surface area contributed by atoms with Crippen LogP contribution in [0.5, 0.6) is 0 Å². The molecule has 0 aromatic carbocycles. The van der Waals surface area contributed by atoms with Gasteiger partial charge in [-0.3, -0.25) is 4.98 Å². The summed E-state index contributed by atoms with van der Waals surface area (Å²) in [6.07, 6.45) is 13.8. The minimum atomic E-state index is 0.721. The molecule has 0 saturated carbocycles. The number of pyridine rings is 1. The van der Waals surface area contributed by atoms with Gasteiger partial charge in [-0.15, -0.1) is 0 Å². The number of aromatic nitrogens is 1. The normalized spacial score (nSPS) is 33.4. The molecular weight excluding hydrogens is 196 g/mol. The lowest BCUT2D eigenvalue weighted by molar-refractivity contribution is 0.339. The zero-order chi connectivity index (χ0) is 10.8. The van der Waals surface area contributed by atoms with Crippen molar-refractivity contribution in [1.29, 1.82) is 0 Å². The van der Waals surface area contributed by atoms with Crippen LogP contribution in [0.4, 0.5) is 0 Å². The van der Waals surface area contributed by atoms with Crippen LogP contribution in [-0.4, -0.2) is 17.1 Å². The number of rotatable bonds is 2. The van der Waals surface area contributed by atoms with Crippen LogP contribution in [0.3, 0.4) is 0 Å². The summed E-state index contributed by atoms with van der Waals surface area (Å²) in [6.45, 7) is 0. The van der Waals surface area contributed by atoms with Gasteiger partial charge in [-0.05, 0) is 43.2 Å². The molecule has 16 heavy (non-hydrogen) atoms. The highest BCUT2D eigenvalue weighted by Crippen LogP contribution is 2.32. The van der Waals surface area contributed by atoms with Crippen LogP contribution in [0.1, 0.15) is 31.2 Å². The quantitative estimate of drug-likeness (QED) is 0.818. The van der Waals surface area contributed by atoms with Gasteiger partial charge < -0.3 is 5.32 Å². The number of hydrogen-bond acceptors (Lipinski definition) is 2. The Morgan fingerprint density at radius 1 is 1.25 bits per heavy atom. The summed E-state index contributed by atoms with van der Waals surface area (Å²) < 4.78 is 0. The fourth-order valence-corrected chi connectivity index (χ4v) is 2.95. The van der Waals surface area contributed by atoms with E-state index in [2.05, 4.69) is 28.5 Å². The summed E-state index contributed by atoms with van der Waals surface area (Å²) in [5.41, 5.74) is 1.21. The molecule has 2 aliphatic rings. The van der Waals surface area contributed by atoms with E-state index in [1.54, 1.807) is 0 Å². The Labute approximate surface area is 96.8 Å². The second-order valence-corrected chi connectivity index (χ2v) is 4.93. The molecule has 1 aromatic heterocycles. The number of nitrogens with one attached hydrogen (secondary N) is 1. The van der Waals surface area contributed by atoms with Gasteiger partial charge in [0.2, 0.25) is 0 Å². The molecule has 2 nitrogen and oxygen atoms in total. The fourth-order valence-electron chi connectivity index (χ4n) is 2.95. The first-order valence-corrected chi connectivity index (χ1v) is 6.26. The van der Waals surface area contributed by atoms with Crippen LogP contribution in [0.15, 0.2) is 30.6 Å². The molecule has 3 rings (SSSR count). The first-order chi connectivity index (χ1) is 7.92. The number of nitrogens with zero attached hydrogens (tertiary/aromatic N) is 1. The molecule has 3 atom stereocenters. The third-order valence-corrected chi connectivity index (χ3v) is 3.86. The minimum Gasteiger partial charge on any atom is -0.311 e. The highest BCUT2D eigenvalue weighted by molar-refractivity contribution is 5.47. The lowest BCUT2D eigenvalue weighted by atomic mass is 9.91. The molecule has 3 unspecified atom stereocenters. The highest BCUT2D eigenvalue weighted by atomic mass is 15.0. The Morgan fingerprint density at radius 3 is 3.06 bits per heavy atom. The SMILES string of the molecule is C(=C/C1CCC2CCC1N2)/c1cccnc1. The van der Waals surface area contributed by atoms with E-state index in [9.17, 15) is 0 Å². The van der Waals surface area contributed by atoms with E-state index in [0.29, 0.717) is 0 Å². The van der Waals surface area contributed by atoms with E-state index >= 15 is 0 Å². The zero-order valence-corrected chi connectivity index (χ0v) is 9.47. The molecule has 2 bridgehead atoms. The maximum absolute atomic E-state index is 4.13. The molecule has 0 aliphatic carbocycles. The maximum atomic E-state index is 4.13. The van der Waals surface area contributed by atoms with Crippen LogP contribution in [-0.2, 0) is 0 Å². The van der Waals surface area contributed by atoms with Crippen molar-refractivity contribution < 1.29 is 0 Å². The second kappa shape index (κ2) is 4.38.